The molecule has 1 heterocycles. The molecule has 0 aliphatic carbocycles. The summed E-state index contributed by atoms with van der Waals surface area (Å²) in [5, 5.41) is 0.237. The summed E-state index contributed by atoms with van der Waals surface area (Å²) in [6, 6.07) is 4.37. The molecule has 0 radical (unpaired) electrons. The number of hydrogen-bond acceptors (Lipinski definition) is 4. The second-order valence-electron chi connectivity index (χ2n) is 5.90. The van der Waals surface area contributed by atoms with Gasteiger partial charge in [0.25, 0.3) is 0 Å². The van der Waals surface area contributed by atoms with E-state index in [1.54, 1.807) is 17.9 Å². The highest BCUT2D eigenvalue weighted by Gasteiger charge is 2.28. The molecule has 0 N–H and O–H groups in total. The van der Waals surface area contributed by atoms with Crippen molar-refractivity contribution in [3.63, 3.8) is 0 Å². The van der Waals surface area contributed by atoms with E-state index in [2.05, 4.69) is 0 Å². The van der Waals surface area contributed by atoms with Gasteiger partial charge >= 0.3 is 0 Å². The van der Waals surface area contributed by atoms with E-state index < -0.39 is 10.0 Å². The Bertz CT molecular complexity index is 703. The van der Waals surface area contributed by atoms with Crippen LogP contribution in [0.25, 0.3) is 0 Å². The number of benzene rings is 1. The van der Waals surface area contributed by atoms with Crippen LogP contribution in [0.2, 0.25) is 5.02 Å². The van der Waals surface area contributed by atoms with Gasteiger partial charge in [-0.2, -0.15) is 4.31 Å². The standard InChI is InChI=1S/C17H25ClN2O4S/c1-3-20(13-17(21)19-10-6-5-7-11-19)25(22,23)14-8-9-16(24-4-2)15(18)12-14/h8-9,12H,3-7,10-11,13H2,1-2H3. The summed E-state index contributed by atoms with van der Waals surface area (Å²) in [5.74, 6) is 0.290. The largest absolute Gasteiger partial charge is 0.492 e. The molecule has 0 spiro atoms. The van der Waals surface area contributed by atoms with Crippen LogP contribution in [-0.2, 0) is 14.8 Å². The summed E-state index contributed by atoms with van der Waals surface area (Å²) in [7, 11) is -3.79. The van der Waals surface area contributed by atoms with Gasteiger partial charge in [0, 0.05) is 19.6 Å². The Morgan fingerprint density at radius 3 is 2.48 bits per heavy atom. The quantitative estimate of drug-likeness (QED) is 0.720. The monoisotopic (exact) mass is 388 g/mol. The number of nitrogens with zero attached hydrogens (tertiary/aromatic N) is 2. The van der Waals surface area contributed by atoms with Crippen LogP contribution in [-0.4, -0.2) is 56.3 Å². The number of carbonyl (C=O) groups is 1. The summed E-state index contributed by atoms with van der Waals surface area (Å²) in [6.07, 6.45) is 3.06. The van der Waals surface area contributed by atoms with Crippen molar-refractivity contribution in [2.75, 3.05) is 32.8 Å². The lowest BCUT2D eigenvalue weighted by atomic mass is 10.1. The Morgan fingerprint density at radius 1 is 1.24 bits per heavy atom. The van der Waals surface area contributed by atoms with Gasteiger partial charge in [0.2, 0.25) is 15.9 Å². The topological polar surface area (TPSA) is 66.9 Å². The first-order chi connectivity index (χ1) is 11.9. The molecule has 1 aliphatic heterocycles. The van der Waals surface area contributed by atoms with E-state index in [1.165, 1.54) is 16.4 Å². The third kappa shape index (κ3) is 4.86. The average Bonchev–Trinajstić information content (AvgIpc) is 2.61. The Labute approximate surface area is 154 Å². The molecular weight excluding hydrogens is 364 g/mol. The van der Waals surface area contributed by atoms with E-state index in [4.69, 9.17) is 16.3 Å². The minimum absolute atomic E-state index is 0.0641. The minimum atomic E-state index is -3.79. The molecule has 140 valence electrons. The van der Waals surface area contributed by atoms with Crippen molar-refractivity contribution in [3.8, 4) is 5.75 Å². The molecule has 8 heteroatoms. The van der Waals surface area contributed by atoms with E-state index in [1.807, 2.05) is 6.92 Å². The molecule has 2 rings (SSSR count). The summed E-state index contributed by atoms with van der Waals surface area (Å²) in [4.78, 5) is 14.2. The van der Waals surface area contributed by atoms with Gasteiger partial charge in [0.05, 0.1) is 23.1 Å². The van der Waals surface area contributed by atoms with Gasteiger partial charge in [-0.15, -0.1) is 0 Å². The maximum Gasteiger partial charge on any atom is 0.243 e. The lowest BCUT2D eigenvalue weighted by Gasteiger charge is -2.29. The second-order valence-corrected chi connectivity index (χ2v) is 8.24. The van der Waals surface area contributed by atoms with E-state index in [0.29, 0.717) is 25.4 Å². The fourth-order valence-electron chi connectivity index (χ4n) is 2.82. The number of piperidine rings is 1. The van der Waals surface area contributed by atoms with Crippen LogP contribution in [0.1, 0.15) is 33.1 Å². The van der Waals surface area contributed by atoms with Crippen LogP contribution in [0, 0.1) is 0 Å². The van der Waals surface area contributed by atoms with Crippen molar-refractivity contribution in [3.05, 3.63) is 23.2 Å². The first-order valence-electron chi connectivity index (χ1n) is 8.60. The average molecular weight is 389 g/mol. The zero-order valence-corrected chi connectivity index (χ0v) is 16.3. The molecule has 0 bridgehead atoms. The second kappa shape index (κ2) is 8.87. The predicted octanol–water partition coefficient (Wildman–Crippen LogP) is 2.76. The Morgan fingerprint density at radius 2 is 1.92 bits per heavy atom. The Kier molecular flexibility index (Phi) is 7.10. The molecule has 0 atom stereocenters. The van der Waals surface area contributed by atoms with E-state index in [9.17, 15) is 13.2 Å². The van der Waals surface area contributed by atoms with Crippen LogP contribution >= 0.6 is 11.6 Å². The first-order valence-corrected chi connectivity index (χ1v) is 10.4. The van der Waals surface area contributed by atoms with Crippen molar-refractivity contribution < 1.29 is 17.9 Å². The zero-order valence-electron chi connectivity index (χ0n) is 14.7. The van der Waals surface area contributed by atoms with Crippen LogP contribution in [0.3, 0.4) is 0 Å². The lowest BCUT2D eigenvalue weighted by Crippen LogP contribution is -2.44. The van der Waals surface area contributed by atoms with Gasteiger partial charge in [-0.3, -0.25) is 4.79 Å². The van der Waals surface area contributed by atoms with Crippen LogP contribution in [0.4, 0.5) is 0 Å². The molecule has 6 nitrogen and oxygen atoms in total. The van der Waals surface area contributed by atoms with Gasteiger partial charge in [0.15, 0.2) is 0 Å². The number of halogens is 1. The van der Waals surface area contributed by atoms with Gasteiger partial charge in [-0.05, 0) is 44.4 Å². The Hall–Kier alpha value is -1.31. The first kappa shape index (κ1) is 20.0. The van der Waals surface area contributed by atoms with E-state index >= 15 is 0 Å². The van der Waals surface area contributed by atoms with Crippen molar-refractivity contribution in [2.24, 2.45) is 0 Å². The highest BCUT2D eigenvalue weighted by Crippen LogP contribution is 2.28. The third-order valence-corrected chi connectivity index (χ3v) is 6.43. The number of likely N-dealkylation sites (N-methyl/N-ethyl adjacent to an activating group) is 1. The molecule has 1 aromatic carbocycles. The predicted molar refractivity (Wildman–Crippen MR) is 97.5 cm³/mol. The summed E-state index contributed by atoms with van der Waals surface area (Å²) in [6.45, 7) is 5.45. The maximum absolute atomic E-state index is 12.9. The fourth-order valence-corrected chi connectivity index (χ4v) is 4.55. The van der Waals surface area contributed by atoms with E-state index in [-0.39, 0.29) is 28.9 Å². The molecule has 25 heavy (non-hydrogen) atoms. The lowest BCUT2D eigenvalue weighted by molar-refractivity contribution is -0.132. The zero-order chi connectivity index (χ0) is 18.4. The third-order valence-electron chi connectivity index (χ3n) is 4.21. The van der Waals surface area contributed by atoms with Gasteiger partial charge in [-0.1, -0.05) is 18.5 Å². The molecule has 1 aliphatic rings. The number of amides is 1. The maximum atomic E-state index is 12.9. The van der Waals surface area contributed by atoms with Crippen LogP contribution in [0.5, 0.6) is 5.75 Å². The van der Waals surface area contributed by atoms with Crippen molar-refractivity contribution in [2.45, 2.75) is 38.0 Å². The number of rotatable bonds is 7. The number of hydrogen-bond donors (Lipinski definition) is 0. The molecule has 1 saturated heterocycles. The molecular formula is C17H25ClN2O4S. The molecule has 1 aromatic rings. The highest BCUT2D eigenvalue weighted by atomic mass is 35.5. The van der Waals surface area contributed by atoms with Crippen molar-refractivity contribution in [1.82, 2.24) is 9.21 Å². The summed E-state index contributed by atoms with van der Waals surface area (Å²) in [5.41, 5.74) is 0. The molecule has 0 saturated carbocycles. The van der Waals surface area contributed by atoms with Crippen LogP contribution in [0.15, 0.2) is 23.1 Å². The summed E-state index contributed by atoms with van der Waals surface area (Å²) >= 11 is 6.11. The molecule has 1 fully saturated rings. The van der Waals surface area contributed by atoms with E-state index in [0.717, 1.165) is 19.3 Å². The minimum Gasteiger partial charge on any atom is -0.492 e. The smallest absolute Gasteiger partial charge is 0.243 e. The number of carbonyl (C=O) groups excluding carboxylic acids is 1. The molecule has 0 aromatic heterocycles. The normalized spacial score (nSPS) is 15.4. The number of likely N-dealkylation sites (tertiary alicyclic amines) is 1. The van der Waals surface area contributed by atoms with Gasteiger partial charge in [0.1, 0.15) is 5.75 Å². The van der Waals surface area contributed by atoms with Gasteiger partial charge < -0.3 is 9.64 Å². The highest BCUT2D eigenvalue weighted by molar-refractivity contribution is 7.89. The fraction of sp³-hybridized carbons (Fsp3) is 0.588. The summed E-state index contributed by atoms with van der Waals surface area (Å²) < 4.78 is 32.2. The Balaban J connectivity index is 2.17. The molecule has 1 amide bonds. The molecule has 0 unspecified atom stereocenters. The van der Waals surface area contributed by atoms with Crippen LogP contribution < -0.4 is 4.74 Å². The van der Waals surface area contributed by atoms with Crippen molar-refractivity contribution in [1.29, 1.82) is 0 Å². The number of ether oxygens (including phenoxy) is 1. The van der Waals surface area contributed by atoms with Crippen molar-refractivity contribution >= 4 is 27.5 Å². The number of sulfonamides is 1. The van der Waals surface area contributed by atoms with Gasteiger partial charge in [-0.25, -0.2) is 8.42 Å². The SMILES string of the molecule is CCOc1ccc(S(=O)(=O)N(CC)CC(=O)N2CCCCC2)cc1Cl.